The Morgan fingerprint density at radius 1 is 1.33 bits per heavy atom. The largest absolute Gasteiger partial charge is 0.396 e. The summed E-state index contributed by atoms with van der Waals surface area (Å²) in [6.45, 7) is 11.7. The molecule has 0 aromatic heterocycles. The highest BCUT2D eigenvalue weighted by molar-refractivity contribution is 8.00. The first-order valence-corrected chi connectivity index (χ1v) is 7.91. The van der Waals surface area contributed by atoms with E-state index >= 15 is 0 Å². The number of rotatable bonds is 6. The first-order chi connectivity index (χ1) is 8.37. The molecule has 0 aliphatic carbocycles. The molecule has 1 heterocycles. The lowest BCUT2D eigenvalue weighted by Crippen LogP contribution is -2.45. The first kappa shape index (κ1) is 16.3. The SMILES string of the molecule is CC(CSC(C)(C)C)NCC1(CO)CCOCC1. The van der Waals surface area contributed by atoms with Crippen molar-refractivity contribution in [3.05, 3.63) is 0 Å². The Morgan fingerprint density at radius 2 is 1.94 bits per heavy atom. The van der Waals surface area contributed by atoms with Crippen LogP contribution >= 0.6 is 11.8 Å². The van der Waals surface area contributed by atoms with Crippen molar-refractivity contribution in [2.45, 2.75) is 51.3 Å². The lowest BCUT2D eigenvalue weighted by atomic mass is 9.81. The number of hydrogen-bond donors (Lipinski definition) is 2. The second-order valence-corrected chi connectivity index (χ2v) is 8.32. The first-order valence-electron chi connectivity index (χ1n) is 6.93. The zero-order chi connectivity index (χ0) is 13.6. The van der Waals surface area contributed by atoms with Gasteiger partial charge in [-0.05, 0) is 19.8 Å². The third kappa shape index (κ3) is 5.91. The zero-order valence-electron chi connectivity index (χ0n) is 12.3. The Balaban J connectivity index is 2.29. The minimum absolute atomic E-state index is 0.0406. The molecule has 0 amide bonds. The van der Waals surface area contributed by atoms with Crippen molar-refractivity contribution in [2.24, 2.45) is 5.41 Å². The summed E-state index contributed by atoms with van der Waals surface area (Å²) >= 11 is 1.99. The predicted molar refractivity (Wildman–Crippen MR) is 79.2 cm³/mol. The molecule has 1 unspecified atom stereocenters. The highest BCUT2D eigenvalue weighted by Gasteiger charge is 2.32. The highest BCUT2D eigenvalue weighted by atomic mass is 32.2. The van der Waals surface area contributed by atoms with E-state index in [9.17, 15) is 5.11 Å². The summed E-state index contributed by atoms with van der Waals surface area (Å²) in [6, 6.07) is 0.487. The minimum atomic E-state index is 0.0406. The molecule has 2 N–H and O–H groups in total. The smallest absolute Gasteiger partial charge is 0.0501 e. The van der Waals surface area contributed by atoms with Gasteiger partial charge in [-0.25, -0.2) is 0 Å². The normalized spacial score (nSPS) is 21.8. The fourth-order valence-corrected chi connectivity index (χ4v) is 2.89. The maximum Gasteiger partial charge on any atom is 0.0501 e. The van der Waals surface area contributed by atoms with E-state index in [4.69, 9.17) is 4.74 Å². The van der Waals surface area contributed by atoms with E-state index in [0.717, 1.165) is 38.4 Å². The van der Waals surface area contributed by atoms with Crippen molar-refractivity contribution in [1.29, 1.82) is 0 Å². The van der Waals surface area contributed by atoms with Crippen molar-refractivity contribution in [3.8, 4) is 0 Å². The van der Waals surface area contributed by atoms with Crippen LogP contribution in [-0.2, 0) is 4.74 Å². The number of thioether (sulfide) groups is 1. The molecule has 0 saturated carbocycles. The predicted octanol–water partition coefficient (Wildman–Crippen LogP) is 2.29. The molecule has 1 rings (SSSR count). The highest BCUT2D eigenvalue weighted by Crippen LogP contribution is 2.29. The van der Waals surface area contributed by atoms with Crippen LogP contribution in [0.25, 0.3) is 0 Å². The van der Waals surface area contributed by atoms with Crippen molar-refractivity contribution in [1.82, 2.24) is 5.32 Å². The molecule has 0 spiro atoms. The van der Waals surface area contributed by atoms with Gasteiger partial charge in [-0.3, -0.25) is 0 Å². The monoisotopic (exact) mass is 275 g/mol. The van der Waals surface area contributed by atoms with Gasteiger partial charge in [0.05, 0.1) is 6.61 Å². The second kappa shape index (κ2) is 7.13. The maximum atomic E-state index is 9.61. The molecule has 0 bridgehead atoms. The Labute approximate surface area is 116 Å². The molecule has 1 aliphatic rings. The third-order valence-corrected chi connectivity index (χ3v) is 5.01. The van der Waals surface area contributed by atoms with Gasteiger partial charge in [-0.2, -0.15) is 11.8 Å². The van der Waals surface area contributed by atoms with Crippen LogP contribution in [0.3, 0.4) is 0 Å². The summed E-state index contributed by atoms with van der Waals surface area (Å²) in [4.78, 5) is 0. The Hall–Kier alpha value is 0.230. The summed E-state index contributed by atoms with van der Waals surface area (Å²) < 4.78 is 5.71. The fourth-order valence-electron chi connectivity index (χ4n) is 2.02. The van der Waals surface area contributed by atoms with E-state index in [1.54, 1.807) is 0 Å². The van der Waals surface area contributed by atoms with Crippen molar-refractivity contribution in [3.63, 3.8) is 0 Å². The molecular formula is C14H29NO2S. The van der Waals surface area contributed by atoms with Gasteiger partial charge in [-0.1, -0.05) is 20.8 Å². The van der Waals surface area contributed by atoms with Crippen LogP contribution in [0.15, 0.2) is 0 Å². The molecule has 18 heavy (non-hydrogen) atoms. The molecule has 3 nitrogen and oxygen atoms in total. The van der Waals surface area contributed by atoms with Crippen LogP contribution in [0.2, 0.25) is 0 Å². The quantitative estimate of drug-likeness (QED) is 0.780. The molecule has 1 fully saturated rings. The van der Waals surface area contributed by atoms with Crippen LogP contribution in [-0.4, -0.2) is 48.0 Å². The van der Waals surface area contributed by atoms with Gasteiger partial charge in [0.1, 0.15) is 0 Å². The van der Waals surface area contributed by atoms with Gasteiger partial charge < -0.3 is 15.2 Å². The van der Waals surface area contributed by atoms with Crippen LogP contribution < -0.4 is 5.32 Å². The average molecular weight is 275 g/mol. The average Bonchev–Trinajstić information content (AvgIpc) is 2.34. The van der Waals surface area contributed by atoms with Crippen molar-refractivity contribution >= 4 is 11.8 Å². The summed E-state index contributed by atoms with van der Waals surface area (Å²) in [5.74, 6) is 1.11. The molecule has 0 aromatic rings. The fraction of sp³-hybridized carbons (Fsp3) is 1.00. The summed E-state index contributed by atoms with van der Waals surface area (Å²) in [5.41, 5.74) is 0.0406. The van der Waals surface area contributed by atoms with Gasteiger partial charge in [0.25, 0.3) is 0 Å². The van der Waals surface area contributed by atoms with Gasteiger partial charge in [0.2, 0.25) is 0 Å². The summed E-state index contributed by atoms with van der Waals surface area (Å²) in [6.07, 6.45) is 1.94. The standard InChI is InChI=1S/C14H29NO2S/c1-12(9-18-13(2,3)4)15-10-14(11-16)5-7-17-8-6-14/h12,15-16H,5-11H2,1-4H3. The summed E-state index contributed by atoms with van der Waals surface area (Å²) in [5, 5.41) is 13.2. The van der Waals surface area contributed by atoms with E-state index in [-0.39, 0.29) is 12.0 Å². The minimum Gasteiger partial charge on any atom is -0.396 e. The van der Waals surface area contributed by atoms with E-state index in [1.165, 1.54) is 0 Å². The van der Waals surface area contributed by atoms with Gasteiger partial charge >= 0.3 is 0 Å². The Kier molecular flexibility index (Phi) is 6.45. The molecule has 0 radical (unpaired) electrons. The number of aliphatic hydroxyl groups excluding tert-OH is 1. The zero-order valence-corrected chi connectivity index (χ0v) is 13.1. The molecule has 0 aromatic carbocycles. The molecular weight excluding hydrogens is 246 g/mol. The number of aliphatic hydroxyl groups is 1. The number of ether oxygens (including phenoxy) is 1. The van der Waals surface area contributed by atoms with E-state index in [2.05, 4.69) is 33.0 Å². The van der Waals surface area contributed by atoms with Crippen molar-refractivity contribution < 1.29 is 9.84 Å². The molecule has 1 saturated heterocycles. The lowest BCUT2D eigenvalue weighted by Gasteiger charge is -2.36. The lowest BCUT2D eigenvalue weighted by molar-refractivity contribution is -0.0160. The Morgan fingerprint density at radius 3 is 2.44 bits per heavy atom. The van der Waals surface area contributed by atoms with Gasteiger partial charge in [0, 0.05) is 41.7 Å². The molecule has 1 atom stereocenters. The van der Waals surface area contributed by atoms with E-state index in [0.29, 0.717) is 10.8 Å². The Bertz CT molecular complexity index is 234. The number of nitrogens with one attached hydrogen (secondary N) is 1. The molecule has 1 aliphatic heterocycles. The van der Waals surface area contributed by atoms with E-state index < -0.39 is 0 Å². The van der Waals surface area contributed by atoms with E-state index in [1.807, 2.05) is 11.8 Å². The maximum absolute atomic E-state index is 9.61. The molecule has 4 heteroatoms. The van der Waals surface area contributed by atoms with Gasteiger partial charge in [-0.15, -0.1) is 0 Å². The number of hydrogen-bond acceptors (Lipinski definition) is 4. The van der Waals surface area contributed by atoms with Crippen LogP contribution in [0, 0.1) is 5.41 Å². The van der Waals surface area contributed by atoms with Gasteiger partial charge in [0.15, 0.2) is 0 Å². The van der Waals surface area contributed by atoms with Crippen LogP contribution in [0.4, 0.5) is 0 Å². The molecule has 108 valence electrons. The summed E-state index contributed by atoms with van der Waals surface area (Å²) in [7, 11) is 0. The third-order valence-electron chi connectivity index (χ3n) is 3.48. The topological polar surface area (TPSA) is 41.5 Å². The van der Waals surface area contributed by atoms with Crippen LogP contribution in [0.1, 0.15) is 40.5 Å². The van der Waals surface area contributed by atoms with Crippen LogP contribution in [0.5, 0.6) is 0 Å². The second-order valence-electron chi connectivity index (χ2n) is 6.48. The van der Waals surface area contributed by atoms with Crippen molar-refractivity contribution in [2.75, 3.05) is 32.1 Å².